The fraction of sp³-hybridized carbons (Fsp3) is 0.0769. The number of benzene rings is 3. The monoisotopic (exact) mass is 505 g/mol. The summed E-state index contributed by atoms with van der Waals surface area (Å²) in [6.07, 6.45) is -6.15. The van der Waals surface area contributed by atoms with Gasteiger partial charge in [0.2, 0.25) is 0 Å². The van der Waals surface area contributed by atoms with Crippen LogP contribution in [0.1, 0.15) is 44.5 Å². The van der Waals surface area contributed by atoms with Crippen LogP contribution in [0.5, 0.6) is 0 Å². The number of alkyl halides is 3. The lowest BCUT2D eigenvalue weighted by molar-refractivity contribution is -0.141. The Bertz CT molecular complexity index is 1580. The minimum atomic E-state index is -4.87. The molecule has 4 aromatic rings. The Morgan fingerprint density at radius 1 is 0.946 bits per heavy atom. The Balaban J connectivity index is 1.70. The molecule has 1 unspecified atom stereocenters. The van der Waals surface area contributed by atoms with Crippen molar-refractivity contribution in [2.45, 2.75) is 12.3 Å². The predicted molar refractivity (Wildman–Crippen MR) is 123 cm³/mol. The molecule has 0 saturated carbocycles. The van der Waals surface area contributed by atoms with E-state index in [9.17, 15) is 27.5 Å². The molecule has 0 aliphatic carbocycles. The van der Waals surface area contributed by atoms with E-state index in [1.807, 2.05) is 12.1 Å². The van der Waals surface area contributed by atoms with Crippen molar-refractivity contribution in [3.8, 4) is 17.8 Å². The molecule has 37 heavy (non-hydrogen) atoms. The van der Waals surface area contributed by atoms with E-state index in [0.717, 1.165) is 12.1 Å². The van der Waals surface area contributed by atoms with Crippen LogP contribution in [0, 0.1) is 28.5 Å². The molecular formula is C26H15F4N5O2. The number of anilines is 1. The molecule has 3 aromatic carbocycles. The number of halogens is 4. The molecule has 4 rings (SSSR count). The highest BCUT2D eigenvalue weighted by molar-refractivity contribution is 6.03. The molecule has 1 atom stereocenters. The molecule has 0 saturated heterocycles. The number of aromatic nitrogens is 2. The molecule has 11 heteroatoms. The quantitative estimate of drug-likeness (QED) is 0.366. The zero-order valence-corrected chi connectivity index (χ0v) is 18.7. The zero-order chi connectivity index (χ0) is 26.7. The van der Waals surface area contributed by atoms with Gasteiger partial charge in [-0.25, -0.2) is 9.07 Å². The molecule has 0 spiro atoms. The number of hydrogen-bond donors (Lipinski definition) is 2. The van der Waals surface area contributed by atoms with Crippen LogP contribution in [0.2, 0.25) is 0 Å². The van der Waals surface area contributed by atoms with E-state index in [1.165, 1.54) is 42.5 Å². The maximum Gasteiger partial charge on any atom is 0.435 e. The van der Waals surface area contributed by atoms with Gasteiger partial charge in [0.25, 0.3) is 5.91 Å². The van der Waals surface area contributed by atoms with Gasteiger partial charge in [-0.3, -0.25) is 4.79 Å². The number of amides is 1. The first kappa shape index (κ1) is 25.1. The van der Waals surface area contributed by atoms with E-state index < -0.39 is 41.1 Å². The molecule has 2 N–H and O–H groups in total. The van der Waals surface area contributed by atoms with E-state index in [1.54, 1.807) is 12.1 Å². The summed E-state index contributed by atoms with van der Waals surface area (Å²) >= 11 is 0. The molecule has 1 heterocycles. The van der Waals surface area contributed by atoms with Gasteiger partial charge in [0, 0.05) is 6.07 Å². The number of aliphatic hydroxyl groups is 1. The second-order valence-electron chi connectivity index (χ2n) is 7.82. The lowest BCUT2D eigenvalue weighted by Gasteiger charge is -2.14. The molecule has 0 radical (unpaired) electrons. The molecular weight excluding hydrogens is 490 g/mol. The Morgan fingerprint density at radius 3 is 2.27 bits per heavy atom. The van der Waals surface area contributed by atoms with Crippen LogP contribution in [-0.2, 0) is 6.18 Å². The molecule has 0 aliphatic heterocycles. The number of nitrogens with one attached hydrogen (secondary N) is 1. The number of nitriles is 2. The second-order valence-corrected chi connectivity index (χ2v) is 7.82. The molecule has 1 aromatic heterocycles. The number of nitrogens with zero attached hydrogens (tertiary/aromatic N) is 4. The average molecular weight is 505 g/mol. The first-order valence-corrected chi connectivity index (χ1v) is 10.6. The van der Waals surface area contributed by atoms with Gasteiger partial charge in [0.1, 0.15) is 17.6 Å². The normalized spacial score (nSPS) is 11.9. The molecule has 1 amide bonds. The third-order valence-corrected chi connectivity index (χ3v) is 5.34. The largest absolute Gasteiger partial charge is 0.435 e. The lowest BCUT2D eigenvalue weighted by atomic mass is 9.99. The van der Waals surface area contributed by atoms with Crippen molar-refractivity contribution in [3.63, 3.8) is 0 Å². The van der Waals surface area contributed by atoms with Gasteiger partial charge in [-0.15, -0.1) is 0 Å². The van der Waals surface area contributed by atoms with Gasteiger partial charge >= 0.3 is 6.18 Å². The summed E-state index contributed by atoms with van der Waals surface area (Å²) in [7, 11) is 0. The number of hydrogen-bond acceptors (Lipinski definition) is 5. The first-order valence-electron chi connectivity index (χ1n) is 10.6. The van der Waals surface area contributed by atoms with Crippen LogP contribution < -0.4 is 5.32 Å². The van der Waals surface area contributed by atoms with Crippen molar-refractivity contribution in [2.75, 3.05) is 5.32 Å². The van der Waals surface area contributed by atoms with Crippen LogP contribution in [0.15, 0.2) is 72.8 Å². The Kier molecular flexibility index (Phi) is 6.74. The summed E-state index contributed by atoms with van der Waals surface area (Å²) in [5.74, 6) is -2.01. The maximum atomic E-state index is 14.6. The maximum absolute atomic E-state index is 14.6. The minimum Gasteiger partial charge on any atom is -0.384 e. The summed E-state index contributed by atoms with van der Waals surface area (Å²) in [5, 5.41) is 34.6. The summed E-state index contributed by atoms with van der Waals surface area (Å²) < 4.78 is 55.4. The highest BCUT2D eigenvalue weighted by Gasteiger charge is 2.36. The van der Waals surface area contributed by atoms with E-state index in [0.29, 0.717) is 21.9 Å². The number of rotatable bonds is 5. The lowest BCUT2D eigenvalue weighted by Crippen LogP contribution is -2.18. The summed E-state index contributed by atoms with van der Waals surface area (Å²) in [5.41, 5.74) is -1.38. The van der Waals surface area contributed by atoms with Gasteiger partial charge in [-0.05, 0) is 53.6 Å². The van der Waals surface area contributed by atoms with Crippen LogP contribution in [0.3, 0.4) is 0 Å². The molecule has 0 fully saturated rings. The molecule has 7 nitrogen and oxygen atoms in total. The van der Waals surface area contributed by atoms with Gasteiger partial charge in [0.15, 0.2) is 5.69 Å². The topological polar surface area (TPSA) is 115 Å². The Hall–Kier alpha value is -5.00. The fourth-order valence-electron chi connectivity index (χ4n) is 3.55. The van der Waals surface area contributed by atoms with Crippen LogP contribution in [-0.4, -0.2) is 20.8 Å². The minimum absolute atomic E-state index is 0.0155. The Labute approximate surface area is 207 Å². The van der Waals surface area contributed by atoms with E-state index in [2.05, 4.69) is 10.4 Å². The summed E-state index contributed by atoms with van der Waals surface area (Å²) in [6.45, 7) is 0. The molecule has 0 aliphatic rings. The first-order chi connectivity index (χ1) is 17.6. The fourth-order valence-corrected chi connectivity index (χ4v) is 3.55. The Morgan fingerprint density at radius 2 is 1.59 bits per heavy atom. The van der Waals surface area contributed by atoms with Gasteiger partial charge < -0.3 is 10.4 Å². The highest BCUT2D eigenvalue weighted by Crippen LogP contribution is 2.31. The van der Waals surface area contributed by atoms with E-state index in [4.69, 9.17) is 10.5 Å². The van der Waals surface area contributed by atoms with Gasteiger partial charge in [-0.2, -0.15) is 28.8 Å². The van der Waals surface area contributed by atoms with Crippen molar-refractivity contribution in [2.24, 2.45) is 0 Å². The van der Waals surface area contributed by atoms with Gasteiger partial charge in [0.05, 0.1) is 34.6 Å². The average Bonchev–Trinajstić information content (AvgIpc) is 3.36. The third kappa shape index (κ3) is 5.32. The SMILES string of the molecule is N#Cc1cccc(C(O)c2ccc(F)c(NC(=O)c3cc(C(F)(F)F)nn3-c3cccc(C#N)c3)c2)c1. The standard InChI is InChI=1S/C26H15F4N5O2/c27-20-8-7-18(24(36)17-5-1-3-15(9-17)13-31)11-21(20)33-25(37)22-12-23(26(28,29)30)34-35(22)19-6-2-4-16(10-19)14-32/h1-12,24,36H,(H,33,37). The summed E-state index contributed by atoms with van der Waals surface area (Å²) in [4.78, 5) is 13.0. The molecule has 184 valence electrons. The number of aliphatic hydroxyl groups excluding tert-OH is 1. The van der Waals surface area contributed by atoms with Gasteiger partial charge in [-0.1, -0.05) is 24.3 Å². The second kappa shape index (κ2) is 9.93. The van der Waals surface area contributed by atoms with Crippen LogP contribution in [0.25, 0.3) is 5.69 Å². The highest BCUT2D eigenvalue weighted by atomic mass is 19.4. The summed E-state index contributed by atoms with van der Waals surface area (Å²) in [6, 6.07) is 19.2. The van der Waals surface area contributed by atoms with Crippen molar-refractivity contribution in [1.82, 2.24) is 9.78 Å². The van der Waals surface area contributed by atoms with Crippen LogP contribution >= 0.6 is 0 Å². The zero-order valence-electron chi connectivity index (χ0n) is 18.7. The van der Waals surface area contributed by atoms with E-state index >= 15 is 0 Å². The predicted octanol–water partition coefficient (Wildman–Crippen LogP) is 5.11. The van der Waals surface area contributed by atoms with Crippen molar-refractivity contribution < 1.29 is 27.5 Å². The van der Waals surface area contributed by atoms with Crippen molar-refractivity contribution in [1.29, 1.82) is 10.5 Å². The smallest absolute Gasteiger partial charge is 0.384 e. The van der Waals surface area contributed by atoms with E-state index in [-0.39, 0.29) is 16.8 Å². The number of carbonyl (C=O) groups is 1. The van der Waals surface area contributed by atoms with Crippen LogP contribution in [0.4, 0.5) is 23.2 Å². The third-order valence-electron chi connectivity index (χ3n) is 5.34. The molecule has 0 bridgehead atoms. The number of carbonyl (C=O) groups excluding carboxylic acids is 1. The van der Waals surface area contributed by atoms with Crippen molar-refractivity contribution in [3.05, 3.63) is 112 Å². The van der Waals surface area contributed by atoms with Crippen molar-refractivity contribution >= 4 is 11.6 Å².